The number of benzene rings is 1. The quantitative estimate of drug-likeness (QED) is 0.912. The summed E-state index contributed by atoms with van der Waals surface area (Å²) in [5, 5.41) is 3.61. The van der Waals surface area contributed by atoms with Gasteiger partial charge < -0.3 is 5.32 Å². The van der Waals surface area contributed by atoms with Crippen LogP contribution in [-0.2, 0) is 9.84 Å². The van der Waals surface area contributed by atoms with Gasteiger partial charge in [0.05, 0.1) is 10.6 Å². The summed E-state index contributed by atoms with van der Waals surface area (Å²) in [6, 6.07) is 8.10. The number of nitrogens with one attached hydrogen (secondary N) is 1. The van der Waals surface area contributed by atoms with Crippen LogP contribution in [0, 0.1) is 5.92 Å². The first-order valence-electron chi connectivity index (χ1n) is 6.65. The van der Waals surface area contributed by atoms with Gasteiger partial charge in [0.15, 0.2) is 9.84 Å². The molecule has 98 valence electrons. The maximum atomic E-state index is 12.0. The van der Waals surface area contributed by atoms with Crippen molar-refractivity contribution in [3.05, 3.63) is 29.8 Å². The highest BCUT2D eigenvalue weighted by Crippen LogP contribution is 2.36. The smallest absolute Gasteiger partial charge is 0.178 e. The summed E-state index contributed by atoms with van der Waals surface area (Å²) in [5.74, 6) is 1.05. The van der Waals surface area contributed by atoms with Crippen molar-refractivity contribution in [3.8, 4) is 0 Å². The van der Waals surface area contributed by atoms with Crippen LogP contribution in [0.1, 0.15) is 37.8 Å². The first-order valence-corrected chi connectivity index (χ1v) is 8.31. The number of sulfone groups is 1. The lowest BCUT2D eigenvalue weighted by Crippen LogP contribution is -2.36. The van der Waals surface area contributed by atoms with Gasteiger partial charge >= 0.3 is 0 Å². The molecule has 1 fully saturated rings. The Bertz CT molecular complexity index is 549. The Hall–Kier alpha value is -0.870. The summed E-state index contributed by atoms with van der Waals surface area (Å²) in [5.41, 5.74) is 0.955. The van der Waals surface area contributed by atoms with Crippen LogP contribution in [0.4, 0.5) is 0 Å². The molecule has 2 atom stereocenters. The molecular formula is C14H19NO2S. The zero-order chi connectivity index (χ0) is 12.8. The molecule has 1 N–H and O–H groups in total. The van der Waals surface area contributed by atoms with Crippen molar-refractivity contribution in [2.24, 2.45) is 5.92 Å². The van der Waals surface area contributed by atoms with Gasteiger partial charge in [-0.25, -0.2) is 8.42 Å². The van der Waals surface area contributed by atoms with E-state index in [-0.39, 0.29) is 11.8 Å². The summed E-state index contributed by atoms with van der Waals surface area (Å²) in [6.07, 6.45) is 3.30. The Morgan fingerprint density at radius 3 is 2.67 bits per heavy atom. The molecule has 0 spiro atoms. The molecule has 0 aromatic heterocycles. The van der Waals surface area contributed by atoms with E-state index in [1.54, 1.807) is 6.07 Å². The predicted molar refractivity (Wildman–Crippen MR) is 71.2 cm³/mol. The average Bonchev–Trinajstić information content (AvgIpc) is 3.17. The molecule has 2 unspecified atom stereocenters. The van der Waals surface area contributed by atoms with E-state index < -0.39 is 9.84 Å². The number of hydrogen-bond acceptors (Lipinski definition) is 3. The van der Waals surface area contributed by atoms with Crippen molar-refractivity contribution < 1.29 is 8.42 Å². The fourth-order valence-electron chi connectivity index (χ4n) is 2.81. The van der Waals surface area contributed by atoms with E-state index in [1.165, 1.54) is 12.8 Å². The van der Waals surface area contributed by atoms with Gasteiger partial charge in [0, 0.05) is 12.1 Å². The molecule has 1 aromatic rings. The minimum absolute atomic E-state index is 0.195. The second kappa shape index (κ2) is 4.35. The third kappa shape index (κ3) is 2.19. The minimum atomic E-state index is -3.06. The van der Waals surface area contributed by atoms with Crippen LogP contribution in [0.25, 0.3) is 0 Å². The van der Waals surface area contributed by atoms with Gasteiger partial charge in [0.1, 0.15) is 0 Å². The average molecular weight is 265 g/mol. The SMILES string of the molecule is CC(NC1CCS(=O)(=O)c2ccccc21)C1CC1. The standard InChI is InChI=1S/C14H19NO2S/c1-10(11-6-7-11)15-13-8-9-18(16,17)14-5-3-2-4-12(13)14/h2-5,10-11,13,15H,6-9H2,1H3. The molecule has 2 aliphatic rings. The molecule has 0 saturated heterocycles. The maximum absolute atomic E-state index is 12.0. The van der Waals surface area contributed by atoms with Crippen LogP contribution in [-0.4, -0.2) is 20.2 Å². The Balaban J connectivity index is 1.89. The van der Waals surface area contributed by atoms with Crippen LogP contribution in [0.15, 0.2) is 29.2 Å². The fraction of sp³-hybridized carbons (Fsp3) is 0.571. The molecule has 1 aliphatic carbocycles. The zero-order valence-corrected chi connectivity index (χ0v) is 11.4. The van der Waals surface area contributed by atoms with Crippen molar-refractivity contribution in [2.75, 3.05) is 5.75 Å². The van der Waals surface area contributed by atoms with E-state index in [4.69, 9.17) is 0 Å². The predicted octanol–water partition coefficient (Wildman–Crippen LogP) is 2.29. The van der Waals surface area contributed by atoms with Crippen LogP contribution < -0.4 is 5.32 Å². The summed E-state index contributed by atoms with van der Waals surface area (Å²) in [4.78, 5) is 0.525. The summed E-state index contributed by atoms with van der Waals surface area (Å²) >= 11 is 0. The Labute approximate surface area is 109 Å². The second-order valence-corrected chi connectivity index (χ2v) is 7.57. The Kier molecular flexibility index (Phi) is 2.94. The molecule has 0 radical (unpaired) electrons. The highest BCUT2D eigenvalue weighted by Gasteiger charge is 2.34. The molecule has 1 aliphatic heterocycles. The Morgan fingerprint density at radius 2 is 1.94 bits per heavy atom. The summed E-state index contributed by atoms with van der Waals surface area (Å²) in [6.45, 7) is 2.21. The molecule has 1 aromatic carbocycles. The van der Waals surface area contributed by atoms with Crippen LogP contribution in [0.2, 0.25) is 0 Å². The van der Waals surface area contributed by atoms with E-state index in [0.29, 0.717) is 17.4 Å². The monoisotopic (exact) mass is 265 g/mol. The van der Waals surface area contributed by atoms with Crippen molar-refractivity contribution in [1.29, 1.82) is 0 Å². The molecule has 4 heteroatoms. The fourth-order valence-corrected chi connectivity index (χ4v) is 4.43. The molecule has 18 heavy (non-hydrogen) atoms. The van der Waals surface area contributed by atoms with Crippen molar-refractivity contribution in [1.82, 2.24) is 5.32 Å². The third-order valence-corrected chi connectivity index (χ3v) is 5.91. The van der Waals surface area contributed by atoms with Crippen molar-refractivity contribution in [3.63, 3.8) is 0 Å². The first kappa shape index (κ1) is 12.2. The van der Waals surface area contributed by atoms with Crippen LogP contribution in [0.5, 0.6) is 0 Å². The second-order valence-electron chi connectivity index (χ2n) is 5.49. The summed E-state index contributed by atoms with van der Waals surface area (Å²) in [7, 11) is -3.06. The van der Waals surface area contributed by atoms with E-state index in [1.807, 2.05) is 18.2 Å². The number of hydrogen-bond donors (Lipinski definition) is 1. The molecule has 0 amide bonds. The third-order valence-electron chi connectivity index (χ3n) is 4.10. The van der Waals surface area contributed by atoms with Gasteiger partial charge in [-0.05, 0) is 43.7 Å². The molecule has 3 rings (SSSR count). The number of rotatable bonds is 3. The Morgan fingerprint density at radius 1 is 1.22 bits per heavy atom. The van der Waals surface area contributed by atoms with Gasteiger partial charge in [-0.3, -0.25) is 0 Å². The highest BCUT2D eigenvalue weighted by molar-refractivity contribution is 7.91. The molecule has 3 nitrogen and oxygen atoms in total. The lowest BCUT2D eigenvalue weighted by atomic mass is 10.0. The first-order chi connectivity index (χ1) is 8.58. The topological polar surface area (TPSA) is 46.2 Å². The van der Waals surface area contributed by atoms with E-state index >= 15 is 0 Å². The van der Waals surface area contributed by atoms with Gasteiger partial charge in [0.2, 0.25) is 0 Å². The maximum Gasteiger partial charge on any atom is 0.178 e. The number of fused-ring (bicyclic) bond motifs is 1. The van der Waals surface area contributed by atoms with Crippen molar-refractivity contribution >= 4 is 9.84 Å². The lowest BCUT2D eigenvalue weighted by Gasteiger charge is -2.29. The van der Waals surface area contributed by atoms with E-state index in [9.17, 15) is 8.42 Å². The zero-order valence-electron chi connectivity index (χ0n) is 10.6. The minimum Gasteiger partial charge on any atom is -0.307 e. The van der Waals surface area contributed by atoms with Crippen LogP contribution >= 0.6 is 0 Å². The van der Waals surface area contributed by atoms with Gasteiger partial charge in [-0.1, -0.05) is 18.2 Å². The highest BCUT2D eigenvalue weighted by atomic mass is 32.2. The molecule has 0 bridgehead atoms. The largest absolute Gasteiger partial charge is 0.307 e. The van der Waals surface area contributed by atoms with Gasteiger partial charge in [0.25, 0.3) is 0 Å². The molecule has 1 heterocycles. The van der Waals surface area contributed by atoms with Gasteiger partial charge in [-0.15, -0.1) is 0 Å². The van der Waals surface area contributed by atoms with Crippen LogP contribution in [0.3, 0.4) is 0 Å². The van der Waals surface area contributed by atoms with E-state index in [2.05, 4.69) is 12.2 Å². The lowest BCUT2D eigenvalue weighted by molar-refractivity contribution is 0.404. The normalized spacial score (nSPS) is 27.5. The van der Waals surface area contributed by atoms with Crippen molar-refractivity contribution in [2.45, 2.75) is 43.2 Å². The molecular weight excluding hydrogens is 246 g/mol. The van der Waals surface area contributed by atoms with E-state index in [0.717, 1.165) is 11.5 Å². The summed E-state index contributed by atoms with van der Waals surface area (Å²) < 4.78 is 24.0. The molecule has 1 saturated carbocycles. The van der Waals surface area contributed by atoms with Gasteiger partial charge in [-0.2, -0.15) is 0 Å².